The minimum absolute atomic E-state index is 0.0114. The van der Waals surface area contributed by atoms with Crippen molar-refractivity contribution in [1.29, 1.82) is 0 Å². The van der Waals surface area contributed by atoms with E-state index in [1.165, 1.54) is 154 Å². The lowest BCUT2D eigenvalue weighted by molar-refractivity contribution is -0.150. The van der Waals surface area contributed by atoms with Gasteiger partial charge in [0.15, 0.2) is 0 Å². The standard InChI is InChI=1S/C42H85NO4S/c1-4-7-10-13-16-17-18-19-20-21-24-30-36-43(37-31-38-44)39-41(48-46)34-28-25-29-35-42(45)47-40(32-26-22-14-11-8-5-2)33-27-23-15-12-9-6-3/h40-41,44,46H,4-39H2,1-3H3. The fourth-order valence-electron chi connectivity index (χ4n) is 6.86. The molecule has 0 rings (SSSR count). The number of carbonyl (C=O) groups is 1. The van der Waals surface area contributed by atoms with Gasteiger partial charge in [0.25, 0.3) is 0 Å². The minimum Gasteiger partial charge on any atom is -0.462 e. The lowest BCUT2D eigenvalue weighted by atomic mass is 10.0. The highest BCUT2D eigenvalue weighted by Crippen LogP contribution is 2.20. The first-order chi connectivity index (χ1) is 23.6. The Morgan fingerprint density at radius 3 is 1.40 bits per heavy atom. The van der Waals surface area contributed by atoms with Crippen LogP contribution in [0, 0.1) is 0 Å². The summed E-state index contributed by atoms with van der Waals surface area (Å²) in [7, 11) is 0. The molecule has 0 aliphatic heterocycles. The number of aliphatic hydroxyl groups excluding tert-OH is 1. The molecule has 0 aliphatic rings. The fraction of sp³-hybridized carbons (Fsp3) is 0.976. The van der Waals surface area contributed by atoms with Gasteiger partial charge < -0.3 is 19.3 Å². The van der Waals surface area contributed by atoms with E-state index in [4.69, 9.17) is 4.74 Å². The van der Waals surface area contributed by atoms with Crippen LogP contribution < -0.4 is 0 Å². The molecule has 0 fully saturated rings. The lowest BCUT2D eigenvalue weighted by Crippen LogP contribution is -2.33. The molecule has 0 aromatic rings. The summed E-state index contributed by atoms with van der Waals surface area (Å²) in [5.41, 5.74) is 0. The molecule has 0 radical (unpaired) electrons. The minimum atomic E-state index is -0.0114. The number of esters is 1. The fourth-order valence-corrected chi connectivity index (χ4v) is 7.41. The van der Waals surface area contributed by atoms with E-state index >= 15 is 0 Å². The van der Waals surface area contributed by atoms with Crippen molar-refractivity contribution in [3.8, 4) is 0 Å². The van der Waals surface area contributed by atoms with Gasteiger partial charge in [-0.15, -0.1) is 0 Å². The highest BCUT2D eigenvalue weighted by molar-refractivity contribution is 7.94. The van der Waals surface area contributed by atoms with E-state index in [1.807, 2.05) is 0 Å². The van der Waals surface area contributed by atoms with Crippen molar-refractivity contribution in [1.82, 2.24) is 4.90 Å². The monoisotopic (exact) mass is 700 g/mol. The normalized spacial score (nSPS) is 12.4. The number of ether oxygens (including phenoxy) is 1. The zero-order valence-electron chi connectivity index (χ0n) is 32.7. The van der Waals surface area contributed by atoms with Gasteiger partial charge in [0.1, 0.15) is 6.10 Å². The maximum absolute atomic E-state index is 12.8. The van der Waals surface area contributed by atoms with Crippen molar-refractivity contribution in [3.63, 3.8) is 0 Å². The highest BCUT2D eigenvalue weighted by Gasteiger charge is 2.16. The van der Waals surface area contributed by atoms with E-state index in [2.05, 4.69) is 25.7 Å². The third-order valence-corrected chi connectivity index (χ3v) is 10.7. The summed E-state index contributed by atoms with van der Waals surface area (Å²) in [5, 5.41) is 9.61. The van der Waals surface area contributed by atoms with Gasteiger partial charge in [-0.2, -0.15) is 0 Å². The Labute approximate surface area is 305 Å². The lowest BCUT2D eigenvalue weighted by Gasteiger charge is -2.26. The van der Waals surface area contributed by atoms with E-state index < -0.39 is 0 Å². The summed E-state index contributed by atoms with van der Waals surface area (Å²) in [6, 6.07) is 0. The summed E-state index contributed by atoms with van der Waals surface area (Å²) in [4.78, 5) is 15.2. The molecule has 0 amide bonds. The van der Waals surface area contributed by atoms with Crippen molar-refractivity contribution in [2.24, 2.45) is 0 Å². The van der Waals surface area contributed by atoms with Gasteiger partial charge in [0, 0.05) is 31.4 Å². The molecule has 0 spiro atoms. The first kappa shape index (κ1) is 47.7. The Morgan fingerprint density at radius 1 is 0.542 bits per heavy atom. The molecule has 0 saturated heterocycles. The molecule has 48 heavy (non-hydrogen) atoms. The molecule has 0 aliphatic carbocycles. The van der Waals surface area contributed by atoms with E-state index in [1.54, 1.807) is 0 Å². The van der Waals surface area contributed by atoms with Crippen LogP contribution in [-0.4, -0.2) is 58.1 Å². The van der Waals surface area contributed by atoms with Crippen LogP contribution in [-0.2, 0) is 9.53 Å². The summed E-state index contributed by atoms with van der Waals surface area (Å²) < 4.78 is 16.1. The number of hydrogen-bond donors (Lipinski definition) is 2. The zero-order valence-corrected chi connectivity index (χ0v) is 33.5. The summed E-state index contributed by atoms with van der Waals surface area (Å²) in [6.07, 6.45) is 38.9. The number of unbranched alkanes of at least 4 members (excludes halogenated alkanes) is 23. The van der Waals surface area contributed by atoms with E-state index in [0.29, 0.717) is 6.42 Å². The Balaban J connectivity index is 4.28. The number of aliphatic hydroxyl groups is 1. The molecule has 1 atom stereocenters. The van der Waals surface area contributed by atoms with E-state index in [0.717, 1.165) is 76.6 Å². The smallest absolute Gasteiger partial charge is 0.306 e. The van der Waals surface area contributed by atoms with Crippen LogP contribution in [0.2, 0.25) is 0 Å². The summed E-state index contributed by atoms with van der Waals surface area (Å²) in [6.45, 7) is 9.85. The third-order valence-electron chi connectivity index (χ3n) is 10.0. The molecular formula is C42H85NO4S. The van der Waals surface area contributed by atoms with Crippen LogP contribution in [0.5, 0.6) is 0 Å². The predicted molar refractivity (Wildman–Crippen MR) is 212 cm³/mol. The first-order valence-corrected chi connectivity index (χ1v) is 22.3. The molecule has 1 unspecified atom stereocenters. The van der Waals surface area contributed by atoms with Crippen LogP contribution in [0.4, 0.5) is 0 Å². The van der Waals surface area contributed by atoms with Crippen molar-refractivity contribution in [2.75, 3.05) is 26.2 Å². The molecule has 0 saturated carbocycles. The van der Waals surface area contributed by atoms with Gasteiger partial charge >= 0.3 is 5.97 Å². The van der Waals surface area contributed by atoms with Gasteiger partial charge in [0.05, 0.1) is 0 Å². The van der Waals surface area contributed by atoms with Crippen LogP contribution >= 0.6 is 12.0 Å². The molecule has 0 aromatic carbocycles. The zero-order chi connectivity index (χ0) is 35.2. The second-order valence-corrected chi connectivity index (χ2v) is 15.7. The summed E-state index contributed by atoms with van der Waals surface area (Å²) >= 11 is 0.997. The second-order valence-electron chi connectivity index (χ2n) is 14.8. The molecule has 2 N–H and O–H groups in total. The Kier molecular flexibility index (Phi) is 39.2. The maximum Gasteiger partial charge on any atom is 0.306 e. The van der Waals surface area contributed by atoms with Gasteiger partial charge in [-0.05, 0) is 70.0 Å². The molecule has 0 aromatic heterocycles. The second kappa shape index (κ2) is 39.5. The average molecular weight is 700 g/mol. The van der Waals surface area contributed by atoms with Gasteiger partial charge in [0.2, 0.25) is 0 Å². The van der Waals surface area contributed by atoms with Gasteiger partial charge in [-0.25, -0.2) is 0 Å². The van der Waals surface area contributed by atoms with Crippen LogP contribution in [0.25, 0.3) is 0 Å². The summed E-state index contributed by atoms with van der Waals surface area (Å²) in [5.74, 6) is -0.0114. The van der Waals surface area contributed by atoms with Crippen molar-refractivity contribution >= 4 is 18.0 Å². The first-order valence-electron chi connectivity index (χ1n) is 21.4. The largest absolute Gasteiger partial charge is 0.462 e. The van der Waals surface area contributed by atoms with Gasteiger partial charge in [-0.3, -0.25) is 4.79 Å². The molecule has 0 bridgehead atoms. The van der Waals surface area contributed by atoms with E-state index in [-0.39, 0.29) is 23.9 Å². The molecule has 6 heteroatoms. The maximum atomic E-state index is 12.8. The number of carbonyl (C=O) groups excluding carboxylic acids is 1. The molecule has 288 valence electrons. The average Bonchev–Trinajstić information content (AvgIpc) is 3.09. The van der Waals surface area contributed by atoms with Crippen molar-refractivity contribution in [2.45, 2.75) is 238 Å². The molecule has 0 heterocycles. The Hall–Kier alpha value is -0.300. The van der Waals surface area contributed by atoms with Crippen molar-refractivity contribution < 1.29 is 19.2 Å². The number of rotatable bonds is 40. The van der Waals surface area contributed by atoms with Crippen LogP contribution in [0.15, 0.2) is 0 Å². The third kappa shape index (κ3) is 34.2. The van der Waals surface area contributed by atoms with E-state index in [9.17, 15) is 14.5 Å². The SMILES string of the molecule is CCCCCCCCCCCCCCN(CCCO)CC(CCCCCC(=O)OC(CCCCCCCC)CCCCCCCC)SO. The Morgan fingerprint density at radius 2 is 0.938 bits per heavy atom. The predicted octanol–water partition coefficient (Wildman–Crippen LogP) is 13.3. The topological polar surface area (TPSA) is 70.0 Å². The Bertz CT molecular complexity index is 621. The molecular weight excluding hydrogens is 615 g/mol. The number of nitrogens with zero attached hydrogens (tertiary/aromatic N) is 1. The van der Waals surface area contributed by atoms with Crippen molar-refractivity contribution in [3.05, 3.63) is 0 Å². The van der Waals surface area contributed by atoms with Crippen LogP contribution in [0.1, 0.15) is 226 Å². The van der Waals surface area contributed by atoms with Crippen LogP contribution in [0.3, 0.4) is 0 Å². The quantitative estimate of drug-likeness (QED) is 0.0377. The number of hydrogen-bond acceptors (Lipinski definition) is 6. The molecule has 5 nitrogen and oxygen atoms in total. The van der Waals surface area contributed by atoms with Gasteiger partial charge in [-0.1, -0.05) is 168 Å². The highest BCUT2D eigenvalue weighted by atomic mass is 32.2.